The zero-order valence-corrected chi connectivity index (χ0v) is 6.00. The van der Waals surface area contributed by atoms with Crippen molar-refractivity contribution in [3.8, 4) is 0 Å². The molecule has 0 spiro atoms. The fourth-order valence-corrected chi connectivity index (χ4v) is 0.687. The molecular weight excluding hydrogens is 139 g/mol. The van der Waals surface area contributed by atoms with Crippen LogP contribution in [-0.2, 0) is 13.6 Å². The molecule has 0 bridgehead atoms. The third-order valence-corrected chi connectivity index (χ3v) is 1.26. The maximum absolute atomic E-state index is 10.4. The van der Waals surface area contributed by atoms with E-state index in [1.54, 1.807) is 0 Å². The maximum atomic E-state index is 10.4. The molecule has 0 aliphatic heterocycles. The third kappa shape index (κ3) is 5.34. The summed E-state index contributed by atoms with van der Waals surface area (Å²) in [7, 11) is -2.34. The van der Waals surface area contributed by atoms with Gasteiger partial charge in [-0.05, 0) is 0 Å². The molecule has 0 heterocycles. The van der Waals surface area contributed by atoms with Crippen LogP contribution >= 0.6 is 8.25 Å². The molecule has 0 rings (SSSR count). The molecule has 3 nitrogen and oxygen atoms in total. The first-order valence-corrected chi connectivity index (χ1v) is 3.59. The first-order valence-electron chi connectivity index (χ1n) is 2.36. The smallest absolute Gasteiger partial charge is 0.367 e. The highest BCUT2D eigenvalue weighted by atomic mass is 31.1. The van der Waals surface area contributed by atoms with Crippen LogP contribution in [0.3, 0.4) is 0 Å². The summed E-state index contributed by atoms with van der Waals surface area (Å²) in [6.45, 7) is 6.81. The van der Waals surface area contributed by atoms with Crippen LogP contribution in [0.25, 0.3) is 0 Å². The number of rotatable bonds is 5. The van der Waals surface area contributed by atoms with Gasteiger partial charge >= 0.3 is 8.25 Å². The van der Waals surface area contributed by atoms with Gasteiger partial charge in [-0.3, -0.25) is 4.52 Å². The SMILES string of the molecule is C=CCO[PH](=O)OC=C. The van der Waals surface area contributed by atoms with Crippen molar-refractivity contribution in [1.82, 2.24) is 0 Å². The summed E-state index contributed by atoms with van der Waals surface area (Å²) in [6, 6.07) is 0. The standard InChI is InChI=1S/C5H9O3P/c1-3-5-8-9(6)7-4-2/h3-4,9H,1-2,5H2. The van der Waals surface area contributed by atoms with E-state index in [0.29, 0.717) is 0 Å². The molecular formula is C5H9O3P. The molecule has 1 atom stereocenters. The van der Waals surface area contributed by atoms with Crippen molar-refractivity contribution >= 4 is 8.25 Å². The van der Waals surface area contributed by atoms with E-state index >= 15 is 0 Å². The Hall–Kier alpha value is -0.530. The average Bonchev–Trinajstić information content (AvgIpc) is 1.85. The van der Waals surface area contributed by atoms with Gasteiger partial charge in [-0.25, -0.2) is 4.57 Å². The Morgan fingerprint density at radius 1 is 1.56 bits per heavy atom. The van der Waals surface area contributed by atoms with Crippen LogP contribution in [0, 0.1) is 0 Å². The van der Waals surface area contributed by atoms with Crippen LogP contribution in [-0.4, -0.2) is 6.61 Å². The molecule has 0 aromatic carbocycles. The Balaban J connectivity index is 3.26. The Morgan fingerprint density at radius 2 is 2.22 bits per heavy atom. The van der Waals surface area contributed by atoms with Gasteiger partial charge in [0.15, 0.2) is 0 Å². The van der Waals surface area contributed by atoms with E-state index in [1.165, 1.54) is 6.08 Å². The maximum Gasteiger partial charge on any atom is 0.367 e. The quantitative estimate of drug-likeness (QED) is 0.338. The Kier molecular flexibility index (Phi) is 5.27. The van der Waals surface area contributed by atoms with Crippen molar-refractivity contribution in [2.45, 2.75) is 0 Å². The van der Waals surface area contributed by atoms with Gasteiger partial charge in [0.05, 0.1) is 12.9 Å². The van der Waals surface area contributed by atoms with Crippen LogP contribution in [0.15, 0.2) is 25.5 Å². The zero-order chi connectivity index (χ0) is 7.11. The van der Waals surface area contributed by atoms with Gasteiger partial charge in [-0.1, -0.05) is 12.7 Å². The van der Waals surface area contributed by atoms with Crippen LogP contribution in [0.4, 0.5) is 0 Å². The summed E-state index contributed by atoms with van der Waals surface area (Å²) in [5.74, 6) is 0. The van der Waals surface area contributed by atoms with Crippen molar-refractivity contribution in [3.63, 3.8) is 0 Å². The number of hydrogen-bond donors (Lipinski definition) is 0. The lowest BCUT2D eigenvalue weighted by Crippen LogP contribution is -1.78. The van der Waals surface area contributed by atoms with Crippen molar-refractivity contribution in [2.75, 3.05) is 6.61 Å². The molecule has 0 aromatic rings. The van der Waals surface area contributed by atoms with Crippen LogP contribution < -0.4 is 0 Å². The fourth-order valence-electron chi connectivity index (χ4n) is 0.229. The molecule has 0 amide bonds. The third-order valence-electron chi connectivity index (χ3n) is 0.499. The second-order valence-electron chi connectivity index (χ2n) is 1.13. The molecule has 9 heavy (non-hydrogen) atoms. The predicted molar refractivity (Wildman–Crippen MR) is 36.4 cm³/mol. The van der Waals surface area contributed by atoms with Crippen molar-refractivity contribution in [1.29, 1.82) is 0 Å². The molecule has 0 aromatic heterocycles. The van der Waals surface area contributed by atoms with Crippen molar-refractivity contribution < 1.29 is 13.6 Å². The second kappa shape index (κ2) is 5.60. The molecule has 52 valence electrons. The van der Waals surface area contributed by atoms with E-state index in [4.69, 9.17) is 0 Å². The molecule has 1 unspecified atom stereocenters. The minimum atomic E-state index is -2.34. The second-order valence-corrected chi connectivity index (χ2v) is 2.16. The normalized spacial score (nSPS) is 12.0. The summed E-state index contributed by atoms with van der Waals surface area (Å²) in [5, 5.41) is 0. The topological polar surface area (TPSA) is 35.5 Å². The lowest BCUT2D eigenvalue weighted by molar-refractivity contribution is 0.300. The Morgan fingerprint density at radius 3 is 2.67 bits per heavy atom. The van der Waals surface area contributed by atoms with E-state index in [0.717, 1.165) is 6.26 Å². The summed E-state index contributed by atoms with van der Waals surface area (Å²) < 4.78 is 19.4. The van der Waals surface area contributed by atoms with Crippen molar-refractivity contribution in [2.24, 2.45) is 0 Å². The van der Waals surface area contributed by atoms with Gasteiger partial charge in [0.2, 0.25) is 0 Å². The van der Waals surface area contributed by atoms with E-state index in [1.807, 2.05) is 0 Å². The minimum absolute atomic E-state index is 0.242. The highest BCUT2D eigenvalue weighted by Gasteiger charge is 1.91. The van der Waals surface area contributed by atoms with E-state index in [2.05, 4.69) is 22.2 Å². The molecule has 0 N–H and O–H groups in total. The molecule has 0 radical (unpaired) electrons. The lowest BCUT2D eigenvalue weighted by Gasteiger charge is -1.97. The predicted octanol–water partition coefficient (Wildman–Crippen LogP) is 1.74. The zero-order valence-electron chi connectivity index (χ0n) is 5.00. The van der Waals surface area contributed by atoms with Crippen LogP contribution in [0.1, 0.15) is 0 Å². The molecule has 4 heteroatoms. The summed E-state index contributed by atoms with van der Waals surface area (Å²) in [5.41, 5.74) is 0. The fraction of sp³-hybridized carbons (Fsp3) is 0.200. The largest absolute Gasteiger partial charge is 0.435 e. The average molecular weight is 148 g/mol. The highest BCUT2D eigenvalue weighted by molar-refractivity contribution is 7.33. The van der Waals surface area contributed by atoms with Crippen LogP contribution in [0.2, 0.25) is 0 Å². The van der Waals surface area contributed by atoms with Gasteiger partial charge in [-0.2, -0.15) is 0 Å². The molecule has 0 aliphatic rings. The molecule has 0 fully saturated rings. The van der Waals surface area contributed by atoms with E-state index in [-0.39, 0.29) is 6.61 Å². The van der Waals surface area contributed by atoms with E-state index in [9.17, 15) is 4.57 Å². The first kappa shape index (κ1) is 8.47. The first-order chi connectivity index (χ1) is 4.31. The monoisotopic (exact) mass is 148 g/mol. The minimum Gasteiger partial charge on any atom is -0.435 e. The van der Waals surface area contributed by atoms with Gasteiger partial charge in [0, 0.05) is 0 Å². The van der Waals surface area contributed by atoms with Crippen LogP contribution in [0.5, 0.6) is 0 Å². The Bertz CT molecular complexity index is 121. The van der Waals surface area contributed by atoms with Gasteiger partial charge in [0.25, 0.3) is 0 Å². The molecule has 0 saturated heterocycles. The van der Waals surface area contributed by atoms with E-state index < -0.39 is 8.25 Å². The van der Waals surface area contributed by atoms with Gasteiger partial charge < -0.3 is 4.52 Å². The summed E-state index contributed by atoms with van der Waals surface area (Å²) in [6.07, 6.45) is 2.58. The number of hydrogen-bond acceptors (Lipinski definition) is 3. The van der Waals surface area contributed by atoms with Gasteiger partial charge in [-0.15, -0.1) is 6.58 Å². The molecule has 0 aliphatic carbocycles. The van der Waals surface area contributed by atoms with Gasteiger partial charge in [0.1, 0.15) is 0 Å². The summed E-state index contributed by atoms with van der Waals surface area (Å²) in [4.78, 5) is 0. The molecule has 0 saturated carbocycles. The highest BCUT2D eigenvalue weighted by Crippen LogP contribution is 2.22. The van der Waals surface area contributed by atoms with Crippen molar-refractivity contribution in [3.05, 3.63) is 25.5 Å². The summed E-state index contributed by atoms with van der Waals surface area (Å²) >= 11 is 0. The Labute approximate surface area is 54.9 Å². The lowest BCUT2D eigenvalue weighted by atomic mass is 10.7.